The molecule has 216 valence electrons. The lowest BCUT2D eigenvalue weighted by atomic mass is 9.91. The molecular formula is C30H26Br2N4O6. The van der Waals surface area contributed by atoms with Crippen LogP contribution in [0.2, 0.25) is 0 Å². The van der Waals surface area contributed by atoms with E-state index in [-0.39, 0.29) is 59.7 Å². The summed E-state index contributed by atoms with van der Waals surface area (Å²) in [5.74, 6) is -1.02. The fourth-order valence-corrected chi connectivity index (χ4v) is 7.09. The number of hydrogen-bond acceptors (Lipinski definition) is 10. The molecule has 0 aromatic heterocycles. The zero-order chi connectivity index (χ0) is 29.1. The Bertz CT molecular complexity index is 1450. The maximum atomic E-state index is 12.8. The van der Waals surface area contributed by atoms with Crippen molar-refractivity contribution in [2.24, 2.45) is 44.3 Å². The van der Waals surface area contributed by atoms with Crippen LogP contribution in [0.15, 0.2) is 78.1 Å². The highest BCUT2D eigenvalue weighted by Crippen LogP contribution is 2.44. The van der Waals surface area contributed by atoms with Gasteiger partial charge in [0.2, 0.25) is 0 Å². The maximum Gasteiger partial charge on any atom is 0.183 e. The summed E-state index contributed by atoms with van der Waals surface area (Å²) in [5.41, 5.74) is 4.86. The molecule has 6 aliphatic rings. The molecule has 0 N–H and O–H groups in total. The molecule has 2 aromatic rings. The van der Waals surface area contributed by atoms with E-state index >= 15 is 0 Å². The van der Waals surface area contributed by atoms with Crippen molar-refractivity contribution in [3.63, 3.8) is 0 Å². The van der Waals surface area contributed by atoms with E-state index in [9.17, 15) is 9.59 Å². The molecule has 4 heterocycles. The molecule has 2 fully saturated rings. The standard InChI is InChI=1S/2C15H13BrN2O3/c2*1-2-9-10-13(19)11-12(7-3-5-8(16)6-4-7)18-21-15(11)14(10)20-17-9/h2*3-6,10-11,14-15H,2H2,1H3/t2*10-,11-,14-,15-/m10/s1. The lowest BCUT2D eigenvalue weighted by Crippen LogP contribution is -2.29. The summed E-state index contributed by atoms with van der Waals surface area (Å²) < 4.78 is 1.97. The zero-order valence-corrected chi connectivity index (χ0v) is 25.8. The molecular weight excluding hydrogens is 672 g/mol. The fourth-order valence-electron chi connectivity index (χ4n) is 6.56. The van der Waals surface area contributed by atoms with Crippen LogP contribution in [0, 0.1) is 23.7 Å². The Kier molecular flexibility index (Phi) is 7.00. The van der Waals surface area contributed by atoms with Crippen LogP contribution < -0.4 is 0 Å². The number of benzene rings is 2. The Balaban J connectivity index is 0.000000137. The van der Waals surface area contributed by atoms with Gasteiger partial charge >= 0.3 is 0 Å². The third kappa shape index (κ3) is 4.24. The van der Waals surface area contributed by atoms with E-state index in [1.165, 1.54) is 0 Å². The van der Waals surface area contributed by atoms with Crippen LogP contribution >= 0.6 is 31.9 Å². The average Bonchev–Trinajstić information content (AvgIpc) is 3.83. The molecule has 2 aromatic carbocycles. The Morgan fingerprint density at radius 3 is 1.24 bits per heavy atom. The van der Waals surface area contributed by atoms with Gasteiger partial charge in [-0.25, -0.2) is 0 Å². The summed E-state index contributed by atoms with van der Waals surface area (Å²) in [7, 11) is 0. The Labute approximate surface area is 258 Å². The van der Waals surface area contributed by atoms with Gasteiger partial charge in [-0.1, -0.05) is 90.6 Å². The molecule has 42 heavy (non-hydrogen) atoms. The first-order valence-electron chi connectivity index (χ1n) is 13.9. The molecule has 8 rings (SSSR count). The van der Waals surface area contributed by atoms with Gasteiger partial charge in [0, 0.05) is 20.1 Å². The SMILES string of the molecule is CCC1=NO[C@@H]2[C@H]1C(=O)[C@H]1C(c3ccc(Br)cc3)=NO[C@H]12.CCC1=NO[C@H]2[C@@H]1C(=O)[C@@H]1C(c3ccc(Br)cc3)=NO[C@@H]12. The van der Waals surface area contributed by atoms with E-state index in [0.29, 0.717) is 11.4 Å². The fraction of sp³-hybridized carbons (Fsp3) is 0.400. The smallest absolute Gasteiger partial charge is 0.183 e. The van der Waals surface area contributed by atoms with Crippen LogP contribution in [0.3, 0.4) is 0 Å². The number of Topliss-reactive ketones (excluding diaryl/α,β-unsaturated/α-hetero) is 2. The van der Waals surface area contributed by atoms with Crippen LogP contribution in [0.4, 0.5) is 0 Å². The van der Waals surface area contributed by atoms with Gasteiger partial charge in [0.25, 0.3) is 0 Å². The molecule has 0 unspecified atom stereocenters. The molecule has 8 atom stereocenters. The number of rotatable bonds is 4. The van der Waals surface area contributed by atoms with Crippen molar-refractivity contribution in [3.05, 3.63) is 68.6 Å². The van der Waals surface area contributed by atoms with Crippen molar-refractivity contribution in [3.8, 4) is 0 Å². The highest BCUT2D eigenvalue weighted by molar-refractivity contribution is 9.10. The number of carbonyl (C=O) groups is 2. The third-order valence-electron chi connectivity index (χ3n) is 8.63. The number of carbonyl (C=O) groups excluding carboxylic acids is 2. The Hall–Kier alpha value is -3.38. The number of hydrogen-bond donors (Lipinski definition) is 0. The lowest BCUT2D eigenvalue weighted by molar-refractivity contribution is -0.122. The quantitative estimate of drug-likeness (QED) is 0.441. The molecule has 2 aliphatic carbocycles. The van der Waals surface area contributed by atoms with Crippen molar-refractivity contribution in [2.75, 3.05) is 0 Å². The highest BCUT2D eigenvalue weighted by Gasteiger charge is 2.63. The Morgan fingerprint density at radius 2 is 0.881 bits per heavy atom. The van der Waals surface area contributed by atoms with E-state index in [2.05, 4.69) is 52.5 Å². The van der Waals surface area contributed by atoms with Crippen LogP contribution in [0.25, 0.3) is 0 Å². The average molecular weight is 698 g/mol. The largest absolute Gasteiger partial charge is 0.387 e. The van der Waals surface area contributed by atoms with Crippen LogP contribution in [0.5, 0.6) is 0 Å². The van der Waals surface area contributed by atoms with E-state index < -0.39 is 0 Å². The highest BCUT2D eigenvalue weighted by atomic mass is 79.9. The van der Waals surface area contributed by atoms with Crippen LogP contribution in [-0.2, 0) is 28.9 Å². The summed E-state index contributed by atoms with van der Waals surface area (Å²) in [6.07, 6.45) is 0.0833. The number of ketones is 2. The van der Waals surface area contributed by atoms with Gasteiger partial charge in [0.05, 0.1) is 11.4 Å². The monoisotopic (exact) mass is 696 g/mol. The molecule has 0 spiro atoms. The predicted molar refractivity (Wildman–Crippen MR) is 160 cm³/mol. The topological polar surface area (TPSA) is 120 Å². The molecule has 12 heteroatoms. The summed E-state index contributed by atoms with van der Waals surface area (Å²) in [6.45, 7) is 3.97. The number of halogens is 2. The van der Waals surface area contributed by atoms with Gasteiger partial charge < -0.3 is 19.4 Å². The second kappa shape index (κ2) is 10.7. The number of oxime groups is 4. The van der Waals surface area contributed by atoms with Gasteiger partial charge in [-0.05, 0) is 37.1 Å². The van der Waals surface area contributed by atoms with Gasteiger partial charge in [-0.3, -0.25) is 9.59 Å². The van der Waals surface area contributed by atoms with Crippen molar-refractivity contribution >= 4 is 66.3 Å². The summed E-state index contributed by atoms with van der Waals surface area (Å²) in [4.78, 5) is 47.4. The molecule has 0 saturated heterocycles. The van der Waals surface area contributed by atoms with Gasteiger partial charge in [0.1, 0.15) is 35.1 Å². The summed E-state index contributed by atoms with van der Waals surface area (Å²) in [5, 5.41) is 16.3. The molecule has 10 nitrogen and oxygen atoms in total. The van der Waals surface area contributed by atoms with Crippen molar-refractivity contribution in [1.29, 1.82) is 0 Å². The zero-order valence-electron chi connectivity index (χ0n) is 22.6. The van der Waals surface area contributed by atoms with E-state index in [1.807, 2.05) is 62.4 Å². The second-order valence-electron chi connectivity index (χ2n) is 10.8. The minimum absolute atomic E-state index is 0.113. The van der Waals surface area contributed by atoms with Crippen molar-refractivity contribution in [2.45, 2.75) is 51.1 Å². The molecule has 0 bridgehead atoms. The summed E-state index contributed by atoms with van der Waals surface area (Å²) in [6, 6.07) is 15.5. The van der Waals surface area contributed by atoms with Crippen LogP contribution in [0.1, 0.15) is 37.8 Å². The van der Waals surface area contributed by atoms with E-state index in [0.717, 1.165) is 44.3 Å². The number of nitrogens with zero attached hydrogens (tertiary/aromatic N) is 4. The minimum Gasteiger partial charge on any atom is -0.387 e. The van der Waals surface area contributed by atoms with Crippen LogP contribution in [-0.4, -0.2) is 58.8 Å². The first-order chi connectivity index (χ1) is 20.4. The molecule has 4 aliphatic heterocycles. The Morgan fingerprint density at radius 1 is 0.548 bits per heavy atom. The normalized spacial score (nSPS) is 33.0. The molecule has 2 saturated carbocycles. The van der Waals surface area contributed by atoms with E-state index in [1.54, 1.807) is 0 Å². The molecule has 0 amide bonds. The maximum absolute atomic E-state index is 12.8. The van der Waals surface area contributed by atoms with Gasteiger partial charge in [0.15, 0.2) is 36.0 Å². The van der Waals surface area contributed by atoms with E-state index in [4.69, 9.17) is 19.4 Å². The van der Waals surface area contributed by atoms with Gasteiger partial charge in [-0.15, -0.1) is 0 Å². The minimum atomic E-state index is -0.353. The summed E-state index contributed by atoms with van der Waals surface area (Å²) >= 11 is 6.81. The van der Waals surface area contributed by atoms with Gasteiger partial charge in [-0.2, -0.15) is 0 Å². The molecule has 0 radical (unpaired) electrons. The van der Waals surface area contributed by atoms with Crippen molar-refractivity contribution < 1.29 is 28.9 Å². The second-order valence-corrected chi connectivity index (χ2v) is 12.7. The predicted octanol–water partition coefficient (Wildman–Crippen LogP) is 5.06. The lowest BCUT2D eigenvalue weighted by Gasteiger charge is -2.12. The van der Waals surface area contributed by atoms with Crippen molar-refractivity contribution in [1.82, 2.24) is 0 Å². The first-order valence-corrected chi connectivity index (χ1v) is 15.5. The number of fused-ring (bicyclic) bond motifs is 6. The first kappa shape index (κ1) is 27.5. The third-order valence-corrected chi connectivity index (χ3v) is 9.69.